The summed E-state index contributed by atoms with van der Waals surface area (Å²) in [6.45, 7) is 9.27. The smallest absolute Gasteiger partial charge is 0.245 e. The molecule has 10 heteroatoms. The second-order valence-electron chi connectivity index (χ2n) is 12.7. The van der Waals surface area contributed by atoms with Crippen LogP contribution in [0, 0.1) is 11.8 Å². The minimum atomic E-state index is -0.659. The molecular formula is C35H52N6O4. The number of nitrogens with zero attached hydrogens (tertiary/aromatic N) is 4. The van der Waals surface area contributed by atoms with Crippen LogP contribution >= 0.6 is 0 Å². The Morgan fingerprint density at radius 3 is 2.18 bits per heavy atom. The first-order chi connectivity index (χ1) is 21.7. The number of carbonyl (C=O) groups excluding carboxylic acids is 4. The van der Waals surface area contributed by atoms with Gasteiger partial charge in [-0.1, -0.05) is 51.7 Å². The Bertz CT molecular complexity index is 1280. The van der Waals surface area contributed by atoms with Crippen LogP contribution in [0.25, 0.3) is 0 Å². The van der Waals surface area contributed by atoms with E-state index in [0.717, 1.165) is 44.3 Å². The predicted octanol–water partition coefficient (Wildman–Crippen LogP) is 4.86. The van der Waals surface area contributed by atoms with E-state index in [1.807, 2.05) is 50.1 Å². The van der Waals surface area contributed by atoms with Gasteiger partial charge in [-0.05, 0) is 62.9 Å². The molecule has 3 amide bonds. The lowest BCUT2D eigenvalue weighted by Gasteiger charge is -2.37. The fourth-order valence-corrected chi connectivity index (χ4v) is 6.86. The van der Waals surface area contributed by atoms with E-state index in [2.05, 4.69) is 20.6 Å². The van der Waals surface area contributed by atoms with Crippen molar-refractivity contribution in [3.05, 3.63) is 47.8 Å². The fourth-order valence-electron chi connectivity index (χ4n) is 6.86. The summed E-state index contributed by atoms with van der Waals surface area (Å²) in [5, 5.41) is 10.4. The Morgan fingerprint density at radius 1 is 0.911 bits per heavy atom. The first-order valence-corrected chi connectivity index (χ1v) is 17.0. The molecule has 1 saturated carbocycles. The summed E-state index contributed by atoms with van der Waals surface area (Å²) in [5.74, 6) is -0.853. The van der Waals surface area contributed by atoms with Crippen LogP contribution in [-0.4, -0.2) is 82.4 Å². The summed E-state index contributed by atoms with van der Waals surface area (Å²) in [4.78, 5) is 57.5. The Balaban J connectivity index is 1.51. The molecule has 1 aliphatic carbocycles. The largest absolute Gasteiger partial charge is 0.344 e. The van der Waals surface area contributed by atoms with Gasteiger partial charge < -0.3 is 20.4 Å². The van der Waals surface area contributed by atoms with Crippen molar-refractivity contribution in [3.63, 3.8) is 0 Å². The fraction of sp³-hybridized carbons (Fsp3) is 0.629. The average molecular weight is 621 g/mol. The predicted molar refractivity (Wildman–Crippen MR) is 176 cm³/mol. The van der Waals surface area contributed by atoms with Crippen molar-refractivity contribution in [1.29, 1.82) is 0 Å². The van der Waals surface area contributed by atoms with E-state index in [4.69, 9.17) is 0 Å². The number of nitrogens with one attached hydrogen (secondary N) is 2. The lowest BCUT2D eigenvalue weighted by molar-refractivity contribution is -0.138. The molecule has 0 spiro atoms. The summed E-state index contributed by atoms with van der Waals surface area (Å²) in [5.41, 5.74) is 2.14. The molecule has 4 rings (SSSR count). The van der Waals surface area contributed by atoms with Gasteiger partial charge in [0.15, 0.2) is 5.78 Å². The van der Waals surface area contributed by atoms with Gasteiger partial charge in [-0.25, -0.2) is 0 Å². The Hall–Kier alpha value is -3.53. The van der Waals surface area contributed by atoms with Crippen molar-refractivity contribution < 1.29 is 19.2 Å². The van der Waals surface area contributed by atoms with Crippen LogP contribution in [-0.2, 0) is 20.9 Å². The number of benzene rings is 1. The van der Waals surface area contributed by atoms with Crippen molar-refractivity contribution in [3.8, 4) is 0 Å². The maximum absolute atomic E-state index is 13.8. The summed E-state index contributed by atoms with van der Waals surface area (Å²) in [6, 6.07) is 8.70. The molecule has 2 heterocycles. The van der Waals surface area contributed by atoms with Gasteiger partial charge in [-0.3, -0.25) is 23.9 Å². The third kappa shape index (κ3) is 9.02. The molecule has 1 aromatic heterocycles. The van der Waals surface area contributed by atoms with Gasteiger partial charge in [0.1, 0.15) is 11.7 Å². The van der Waals surface area contributed by atoms with E-state index in [0.29, 0.717) is 43.9 Å². The highest BCUT2D eigenvalue weighted by atomic mass is 16.2. The number of rotatable bonds is 13. The standard InChI is InChI=1S/C35H52N6O4/c1-5-28(33(38-32(43)6-2)35(45)40-22-20-39(4)21-23-40)26-14-16-27(17-15-26)37-34(44)29(25-12-10-8-9-11-13-25)24-31(42)30-18-19-36-41(30)7-3/h14-19,25,28-29,33H,5-13,20-24H2,1-4H3,(H,37,44)(H,38,43)/t28-,29-,33+/m0/s1. The van der Waals surface area contributed by atoms with E-state index in [1.54, 1.807) is 23.9 Å². The van der Waals surface area contributed by atoms with Crippen LogP contribution in [0.15, 0.2) is 36.5 Å². The van der Waals surface area contributed by atoms with Gasteiger partial charge >= 0.3 is 0 Å². The lowest BCUT2D eigenvalue weighted by atomic mass is 9.81. The molecule has 45 heavy (non-hydrogen) atoms. The third-order valence-corrected chi connectivity index (χ3v) is 9.68. The monoisotopic (exact) mass is 620 g/mol. The molecule has 2 fully saturated rings. The van der Waals surface area contributed by atoms with Gasteiger partial charge in [-0.2, -0.15) is 5.10 Å². The number of hydrogen-bond donors (Lipinski definition) is 2. The number of aryl methyl sites for hydroxylation is 1. The maximum atomic E-state index is 13.8. The van der Waals surface area contributed by atoms with Gasteiger partial charge in [0, 0.05) is 69.3 Å². The molecule has 246 valence electrons. The normalized spacial score (nSPS) is 18.4. The minimum absolute atomic E-state index is 0.0468. The SMILES string of the molecule is CCC(=O)N[C@@H](C(=O)N1CCN(C)CC1)[C@@H](CC)c1ccc(NC(=O)[C@@H](CC(=O)c2ccnn2CC)C2CCCCCC2)cc1. The second kappa shape index (κ2) is 16.7. The van der Waals surface area contributed by atoms with Crippen molar-refractivity contribution in [2.45, 2.75) is 97.1 Å². The zero-order valence-electron chi connectivity index (χ0n) is 27.6. The molecule has 0 bridgehead atoms. The number of likely N-dealkylation sites (N-methyl/N-ethyl adjacent to an activating group) is 1. The van der Waals surface area contributed by atoms with Crippen molar-refractivity contribution in [2.24, 2.45) is 11.8 Å². The quantitative estimate of drug-likeness (QED) is 0.244. The van der Waals surface area contributed by atoms with Crippen LogP contribution < -0.4 is 10.6 Å². The van der Waals surface area contributed by atoms with Crippen molar-refractivity contribution >= 4 is 29.2 Å². The molecule has 2 aliphatic rings. The number of aromatic nitrogens is 2. The number of hydrogen-bond acceptors (Lipinski definition) is 6. The molecule has 0 radical (unpaired) electrons. The Kier molecular flexibility index (Phi) is 12.7. The molecule has 2 N–H and O–H groups in total. The summed E-state index contributed by atoms with van der Waals surface area (Å²) in [7, 11) is 2.05. The summed E-state index contributed by atoms with van der Waals surface area (Å²) >= 11 is 0. The first kappa shape index (κ1) is 34.3. The van der Waals surface area contributed by atoms with Crippen molar-refractivity contribution in [1.82, 2.24) is 24.9 Å². The van der Waals surface area contributed by atoms with E-state index in [-0.39, 0.29) is 41.8 Å². The van der Waals surface area contributed by atoms with Crippen LogP contribution in [0.3, 0.4) is 0 Å². The van der Waals surface area contributed by atoms with Gasteiger partial charge in [0.25, 0.3) is 0 Å². The number of ketones is 1. The molecule has 10 nitrogen and oxygen atoms in total. The minimum Gasteiger partial charge on any atom is -0.344 e. The van der Waals surface area contributed by atoms with E-state index < -0.39 is 12.0 Å². The number of piperazine rings is 1. The van der Waals surface area contributed by atoms with Crippen LogP contribution in [0.4, 0.5) is 5.69 Å². The topological polar surface area (TPSA) is 117 Å². The number of Topliss-reactive ketones (excluding diaryl/α,β-unsaturated/α-hetero) is 1. The highest BCUT2D eigenvalue weighted by Crippen LogP contribution is 2.33. The average Bonchev–Trinajstić information content (AvgIpc) is 3.38. The Labute approximate surface area is 268 Å². The van der Waals surface area contributed by atoms with Gasteiger partial charge in [0.2, 0.25) is 17.7 Å². The lowest BCUT2D eigenvalue weighted by Crippen LogP contribution is -2.56. The number of anilines is 1. The molecule has 2 aromatic rings. The van der Waals surface area contributed by atoms with Gasteiger partial charge in [0.05, 0.1) is 0 Å². The van der Waals surface area contributed by atoms with E-state index in [9.17, 15) is 19.2 Å². The number of amides is 3. The number of carbonyl (C=O) groups is 4. The Morgan fingerprint density at radius 2 is 1.58 bits per heavy atom. The molecule has 1 aromatic carbocycles. The zero-order chi connectivity index (χ0) is 32.3. The molecule has 1 aliphatic heterocycles. The van der Waals surface area contributed by atoms with Crippen molar-refractivity contribution in [2.75, 3.05) is 38.5 Å². The molecular weight excluding hydrogens is 568 g/mol. The zero-order valence-corrected chi connectivity index (χ0v) is 27.6. The third-order valence-electron chi connectivity index (χ3n) is 9.68. The second-order valence-corrected chi connectivity index (χ2v) is 12.7. The van der Waals surface area contributed by atoms with E-state index >= 15 is 0 Å². The molecule has 0 unspecified atom stereocenters. The highest BCUT2D eigenvalue weighted by molar-refractivity contribution is 6.00. The summed E-state index contributed by atoms with van der Waals surface area (Å²) in [6.07, 6.45) is 9.14. The molecule has 1 saturated heterocycles. The summed E-state index contributed by atoms with van der Waals surface area (Å²) < 4.78 is 1.69. The highest BCUT2D eigenvalue weighted by Gasteiger charge is 2.35. The van der Waals surface area contributed by atoms with Crippen LogP contribution in [0.1, 0.15) is 101 Å². The van der Waals surface area contributed by atoms with Crippen LogP contribution in [0.5, 0.6) is 0 Å². The molecule has 3 atom stereocenters. The van der Waals surface area contributed by atoms with Crippen LogP contribution in [0.2, 0.25) is 0 Å². The maximum Gasteiger partial charge on any atom is 0.245 e. The van der Waals surface area contributed by atoms with E-state index in [1.165, 1.54) is 12.8 Å². The van der Waals surface area contributed by atoms with Gasteiger partial charge in [-0.15, -0.1) is 0 Å². The first-order valence-electron chi connectivity index (χ1n) is 17.0.